The smallest absolute Gasteiger partial charge is 0.162 e. The number of aromatic nitrogens is 5. The van der Waals surface area contributed by atoms with Gasteiger partial charge in [-0.25, -0.2) is 19.9 Å². The molecule has 0 aliphatic carbocycles. The van der Waals surface area contributed by atoms with Gasteiger partial charge in [-0.2, -0.15) is 0 Å². The number of rotatable bonds is 6. The predicted octanol–water partition coefficient (Wildman–Crippen LogP) is 4.55. The third kappa shape index (κ3) is 4.13. The fourth-order valence-electron chi connectivity index (χ4n) is 4.50. The van der Waals surface area contributed by atoms with Crippen molar-refractivity contribution in [2.24, 2.45) is 0 Å². The molecule has 0 radical (unpaired) electrons. The number of nitrogens with zero attached hydrogens (tertiary/aromatic N) is 5. The van der Waals surface area contributed by atoms with E-state index in [-0.39, 0.29) is 0 Å². The van der Waals surface area contributed by atoms with Crippen LogP contribution in [0.25, 0.3) is 22.3 Å². The maximum absolute atomic E-state index is 6.24. The van der Waals surface area contributed by atoms with E-state index in [0.717, 1.165) is 59.5 Å². The van der Waals surface area contributed by atoms with Gasteiger partial charge < -0.3 is 9.72 Å². The van der Waals surface area contributed by atoms with Crippen LogP contribution in [-0.2, 0) is 26.1 Å². The number of benzene rings is 2. The summed E-state index contributed by atoms with van der Waals surface area (Å²) in [7, 11) is 0. The SMILES string of the molecule is c1ccc(COc2cccc3[nH]cc(CN4CCc5nc(-c6cncnc6)ncc5C4)c23)cc1. The first-order chi connectivity index (χ1) is 16.8. The second-order valence-corrected chi connectivity index (χ2v) is 8.52. The summed E-state index contributed by atoms with van der Waals surface area (Å²) in [5, 5.41) is 1.15. The molecule has 0 fully saturated rings. The van der Waals surface area contributed by atoms with Gasteiger partial charge >= 0.3 is 0 Å². The number of H-pyrrole nitrogens is 1. The molecule has 0 bridgehead atoms. The van der Waals surface area contributed by atoms with E-state index in [1.165, 1.54) is 17.5 Å². The molecule has 0 saturated carbocycles. The normalized spacial score (nSPS) is 13.6. The first-order valence-electron chi connectivity index (χ1n) is 11.4. The third-order valence-electron chi connectivity index (χ3n) is 6.21. The molecule has 0 amide bonds. The average Bonchev–Trinajstić information content (AvgIpc) is 3.31. The summed E-state index contributed by atoms with van der Waals surface area (Å²) in [6.07, 6.45) is 9.95. The number of fused-ring (bicyclic) bond motifs is 2. The van der Waals surface area contributed by atoms with Crippen LogP contribution >= 0.6 is 0 Å². The lowest BCUT2D eigenvalue weighted by atomic mass is 10.1. The lowest BCUT2D eigenvalue weighted by molar-refractivity contribution is 0.243. The van der Waals surface area contributed by atoms with Crippen molar-refractivity contribution < 1.29 is 4.74 Å². The molecule has 0 saturated heterocycles. The Balaban J connectivity index is 1.20. The van der Waals surface area contributed by atoms with Crippen molar-refractivity contribution in [1.29, 1.82) is 0 Å². The molecule has 5 aromatic rings. The van der Waals surface area contributed by atoms with Gasteiger partial charge in [-0.15, -0.1) is 0 Å². The van der Waals surface area contributed by atoms with Crippen LogP contribution in [-0.4, -0.2) is 36.4 Å². The Kier molecular flexibility index (Phi) is 5.45. The first-order valence-corrected chi connectivity index (χ1v) is 11.4. The van der Waals surface area contributed by atoms with Crippen molar-refractivity contribution in [3.05, 3.63) is 102 Å². The van der Waals surface area contributed by atoms with Crippen LogP contribution in [0.1, 0.15) is 22.4 Å². The molecule has 1 N–H and O–H groups in total. The monoisotopic (exact) mass is 448 g/mol. The molecule has 2 aromatic carbocycles. The summed E-state index contributed by atoms with van der Waals surface area (Å²) >= 11 is 0. The molecule has 0 spiro atoms. The maximum atomic E-state index is 6.24. The van der Waals surface area contributed by atoms with Gasteiger partial charge in [-0.1, -0.05) is 36.4 Å². The van der Waals surface area contributed by atoms with E-state index in [4.69, 9.17) is 9.72 Å². The fraction of sp³-hybridized carbons (Fsp3) is 0.185. The van der Waals surface area contributed by atoms with Gasteiger partial charge in [0.05, 0.1) is 11.3 Å². The summed E-state index contributed by atoms with van der Waals surface area (Å²) in [5.41, 5.74) is 6.61. The summed E-state index contributed by atoms with van der Waals surface area (Å²) in [6, 6.07) is 16.5. The van der Waals surface area contributed by atoms with E-state index in [1.54, 1.807) is 12.4 Å². The van der Waals surface area contributed by atoms with Gasteiger partial charge in [0, 0.05) is 67.3 Å². The molecule has 34 heavy (non-hydrogen) atoms. The van der Waals surface area contributed by atoms with E-state index < -0.39 is 0 Å². The molecule has 0 atom stereocenters. The summed E-state index contributed by atoms with van der Waals surface area (Å²) < 4.78 is 6.24. The van der Waals surface area contributed by atoms with Gasteiger partial charge in [-0.05, 0) is 23.3 Å². The number of hydrogen-bond acceptors (Lipinski definition) is 6. The third-order valence-corrected chi connectivity index (χ3v) is 6.21. The van der Waals surface area contributed by atoms with Crippen LogP contribution in [0.4, 0.5) is 0 Å². The molecule has 168 valence electrons. The van der Waals surface area contributed by atoms with Gasteiger partial charge in [0.2, 0.25) is 0 Å². The highest BCUT2D eigenvalue weighted by Crippen LogP contribution is 2.31. The number of hydrogen-bond donors (Lipinski definition) is 1. The molecule has 1 aliphatic heterocycles. The second kappa shape index (κ2) is 9.03. The van der Waals surface area contributed by atoms with Crippen LogP contribution in [0.2, 0.25) is 0 Å². The van der Waals surface area contributed by atoms with E-state index in [0.29, 0.717) is 12.4 Å². The lowest BCUT2D eigenvalue weighted by Crippen LogP contribution is -2.30. The minimum Gasteiger partial charge on any atom is -0.488 e. The zero-order valence-electron chi connectivity index (χ0n) is 18.7. The molecule has 6 rings (SSSR count). The van der Waals surface area contributed by atoms with Crippen molar-refractivity contribution in [3.63, 3.8) is 0 Å². The Morgan fingerprint density at radius 3 is 2.74 bits per heavy atom. The van der Waals surface area contributed by atoms with Crippen molar-refractivity contribution in [3.8, 4) is 17.1 Å². The highest BCUT2D eigenvalue weighted by molar-refractivity contribution is 5.89. The van der Waals surface area contributed by atoms with Crippen LogP contribution in [0, 0.1) is 0 Å². The molecule has 0 unspecified atom stereocenters. The highest BCUT2D eigenvalue weighted by Gasteiger charge is 2.21. The van der Waals surface area contributed by atoms with Crippen molar-refractivity contribution in [2.45, 2.75) is 26.1 Å². The zero-order valence-corrected chi connectivity index (χ0v) is 18.7. The maximum Gasteiger partial charge on any atom is 0.162 e. The van der Waals surface area contributed by atoms with Crippen molar-refractivity contribution >= 4 is 10.9 Å². The first kappa shape index (κ1) is 20.5. The Morgan fingerprint density at radius 2 is 1.85 bits per heavy atom. The summed E-state index contributed by atoms with van der Waals surface area (Å²) in [5.74, 6) is 1.60. The average molecular weight is 449 g/mol. The van der Waals surface area contributed by atoms with Crippen molar-refractivity contribution in [2.75, 3.05) is 6.54 Å². The molecular formula is C27H24N6O. The second-order valence-electron chi connectivity index (χ2n) is 8.52. The number of aromatic amines is 1. The Bertz CT molecular complexity index is 1420. The van der Waals surface area contributed by atoms with Crippen LogP contribution in [0.3, 0.4) is 0 Å². The predicted molar refractivity (Wildman–Crippen MR) is 130 cm³/mol. The number of ether oxygens (including phenoxy) is 1. The Labute approximate surface area is 197 Å². The van der Waals surface area contributed by atoms with Gasteiger partial charge in [0.1, 0.15) is 18.7 Å². The molecule has 4 heterocycles. The molecule has 3 aromatic heterocycles. The quantitative estimate of drug-likeness (QED) is 0.410. The van der Waals surface area contributed by atoms with E-state index in [1.807, 2.05) is 30.5 Å². The van der Waals surface area contributed by atoms with E-state index >= 15 is 0 Å². The molecular weight excluding hydrogens is 424 g/mol. The topological polar surface area (TPSA) is 79.8 Å². The minimum atomic E-state index is 0.549. The lowest BCUT2D eigenvalue weighted by Gasteiger charge is -2.28. The molecule has 7 nitrogen and oxygen atoms in total. The van der Waals surface area contributed by atoms with Gasteiger partial charge in [0.15, 0.2) is 5.82 Å². The number of nitrogens with one attached hydrogen (secondary N) is 1. The largest absolute Gasteiger partial charge is 0.488 e. The molecule has 7 heteroatoms. The van der Waals surface area contributed by atoms with Crippen LogP contribution in [0.15, 0.2) is 79.6 Å². The van der Waals surface area contributed by atoms with Gasteiger partial charge in [-0.3, -0.25) is 4.90 Å². The fourth-order valence-corrected chi connectivity index (χ4v) is 4.50. The van der Waals surface area contributed by atoms with E-state index in [9.17, 15) is 0 Å². The zero-order chi connectivity index (χ0) is 22.7. The highest BCUT2D eigenvalue weighted by atomic mass is 16.5. The summed E-state index contributed by atoms with van der Waals surface area (Å²) in [4.78, 5) is 23.4. The standard InChI is InChI=1S/C27H24N6O/c1-2-5-19(6-3-1)17-34-25-8-4-7-24-26(25)22(14-30-24)16-33-10-9-23-21(15-33)13-31-27(32-23)20-11-28-18-29-12-20/h1-8,11-14,18,30H,9-10,15-17H2. The van der Waals surface area contributed by atoms with E-state index in [2.05, 4.69) is 55.3 Å². The van der Waals surface area contributed by atoms with Crippen molar-refractivity contribution in [1.82, 2.24) is 29.8 Å². The Morgan fingerprint density at radius 1 is 0.971 bits per heavy atom. The molecule has 1 aliphatic rings. The Hall–Kier alpha value is -4.10. The van der Waals surface area contributed by atoms with Crippen LogP contribution < -0.4 is 4.74 Å². The minimum absolute atomic E-state index is 0.549. The van der Waals surface area contributed by atoms with Crippen LogP contribution in [0.5, 0.6) is 5.75 Å². The summed E-state index contributed by atoms with van der Waals surface area (Å²) in [6.45, 7) is 3.14. The van der Waals surface area contributed by atoms with Gasteiger partial charge in [0.25, 0.3) is 0 Å².